The third-order valence-corrected chi connectivity index (χ3v) is 3.40. The molecule has 1 fully saturated rings. The number of carbonyl (C=O) groups excluding carboxylic acids is 1. The quantitative estimate of drug-likeness (QED) is 0.909. The molecule has 3 rings (SSSR count). The monoisotopic (exact) mass is 256 g/mol. The number of H-pyrrole nitrogens is 1. The highest BCUT2D eigenvalue weighted by Crippen LogP contribution is 2.29. The first-order chi connectivity index (χ1) is 9.24. The number of carbonyl (C=O) groups is 1. The molecule has 0 saturated heterocycles. The fourth-order valence-corrected chi connectivity index (χ4v) is 2.11. The number of nitrogens with zero attached hydrogens (tertiary/aromatic N) is 3. The first kappa shape index (κ1) is 11.9. The summed E-state index contributed by atoms with van der Waals surface area (Å²) >= 11 is 0. The Labute approximate surface area is 111 Å². The van der Waals surface area contributed by atoms with Crippen LogP contribution in [0, 0.1) is 5.92 Å². The highest BCUT2D eigenvalue weighted by Gasteiger charge is 2.25. The number of hydrogen-bond acceptors (Lipinski definition) is 3. The lowest BCUT2D eigenvalue weighted by molar-refractivity contribution is 0.0788. The van der Waals surface area contributed by atoms with E-state index in [4.69, 9.17) is 0 Å². The van der Waals surface area contributed by atoms with Gasteiger partial charge in [-0.3, -0.25) is 9.89 Å². The predicted octanol–water partition coefficient (Wildman–Crippen LogP) is 1.95. The van der Waals surface area contributed by atoms with Crippen molar-refractivity contribution in [1.82, 2.24) is 20.1 Å². The molecule has 5 nitrogen and oxygen atoms in total. The van der Waals surface area contributed by atoms with E-state index in [1.807, 2.05) is 31.3 Å². The molecule has 1 N–H and O–H groups in total. The molecule has 0 bridgehead atoms. The van der Waals surface area contributed by atoms with Crippen molar-refractivity contribution < 1.29 is 4.79 Å². The van der Waals surface area contributed by atoms with Crippen LogP contribution in [-0.4, -0.2) is 39.6 Å². The van der Waals surface area contributed by atoms with E-state index in [-0.39, 0.29) is 5.91 Å². The molecular weight excluding hydrogens is 240 g/mol. The Kier molecular flexibility index (Phi) is 3.03. The van der Waals surface area contributed by atoms with Crippen LogP contribution in [0.15, 0.2) is 30.6 Å². The summed E-state index contributed by atoms with van der Waals surface area (Å²) in [5.41, 5.74) is 1.64. The standard InChI is InChI=1S/C14H16N4O/c1-18(8-10-2-3-10)14(19)12-6-4-11(5-7-12)13-15-9-16-17-13/h4-7,9-10H,2-3,8H2,1H3,(H,15,16,17). The van der Waals surface area contributed by atoms with Gasteiger partial charge >= 0.3 is 0 Å². The lowest BCUT2D eigenvalue weighted by Crippen LogP contribution is -2.28. The Morgan fingerprint density at radius 1 is 1.37 bits per heavy atom. The van der Waals surface area contributed by atoms with Gasteiger partial charge in [-0.15, -0.1) is 0 Å². The fourth-order valence-electron chi connectivity index (χ4n) is 2.11. The molecule has 1 aliphatic rings. The molecule has 0 unspecified atom stereocenters. The van der Waals surface area contributed by atoms with E-state index < -0.39 is 0 Å². The highest BCUT2D eigenvalue weighted by atomic mass is 16.2. The Hall–Kier alpha value is -2.17. The number of aromatic amines is 1. The van der Waals surface area contributed by atoms with Crippen molar-refractivity contribution in [2.24, 2.45) is 5.92 Å². The number of hydrogen-bond donors (Lipinski definition) is 1. The van der Waals surface area contributed by atoms with Gasteiger partial charge in [-0.05, 0) is 30.9 Å². The number of nitrogens with one attached hydrogen (secondary N) is 1. The van der Waals surface area contributed by atoms with Crippen LogP contribution in [0.25, 0.3) is 11.4 Å². The number of benzene rings is 1. The molecule has 0 aliphatic heterocycles. The van der Waals surface area contributed by atoms with Crippen molar-refractivity contribution in [2.45, 2.75) is 12.8 Å². The third-order valence-electron chi connectivity index (χ3n) is 3.40. The molecular formula is C14H16N4O. The largest absolute Gasteiger partial charge is 0.341 e. The lowest BCUT2D eigenvalue weighted by Gasteiger charge is -2.16. The van der Waals surface area contributed by atoms with Crippen molar-refractivity contribution in [3.8, 4) is 11.4 Å². The highest BCUT2D eigenvalue weighted by molar-refractivity contribution is 5.94. The normalized spacial score (nSPS) is 14.4. The van der Waals surface area contributed by atoms with E-state index >= 15 is 0 Å². The van der Waals surface area contributed by atoms with Crippen molar-refractivity contribution in [3.05, 3.63) is 36.2 Å². The number of aromatic nitrogens is 3. The van der Waals surface area contributed by atoms with Gasteiger partial charge in [0.2, 0.25) is 0 Å². The second-order valence-electron chi connectivity index (χ2n) is 5.04. The van der Waals surface area contributed by atoms with Crippen LogP contribution in [-0.2, 0) is 0 Å². The molecule has 0 atom stereocenters. The summed E-state index contributed by atoms with van der Waals surface area (Å²) in [5.74, 6) is 1.50. The molecule has 1 aromatic heterocycles. The molecule has 0 spiro atoms. The van der Waals surface area contributed by atoms with E-state index in [1.165, 1.54) is 19.2 Å². The smallest absolute Gasteiger partial charge is 0.253 e. The summed E-state index contributed by atoms with van der Waals surface area (Å²) in [7, 11) is 1.87. The van der Waals surface area contributed by atoms with E-state index in [0.29, 0.717) is 17.3 Å². The number of amides is 1. The Bertz CT molecular complexity index is 558. The number of rotatable bonds is 4. The van der Waals surface area contributed by atoms with Gasteiger partial charge in [0, 0.05) is 24.7 Å². The predicted molar refractivity (Wildman–Crippen MR) is 71.5 cm³/mol. The molecule has 0 radical (unpaired) electrons. The van der Waals surface area contributed by atoms with E-state index in [0.717, 1.165) is 12.1 Å². The summed E-state index contributed by atoms with van der Waals surface area (Å²) in [6, 6.07) is 7.45. The van der Waals surface area contributed by atoms with E-state index in [9.17, 15) is 4.79 Å². The van der Waals surface area contributed by atoms with Gasteiger partial charge in [-0.25, -0.2) is 4.98 Å². The molecule has 1 heterocycles. The van der Waals surface area contributed by atoms with Crippen molar-refractivity contribution in [3.63, 3.8) is 0 Å². The average molecular weight is 256 g/mol. The maximum atomic E-state index is 12.2. The average Bonchev–Trinajstić information content (AvgIpc) is 3.08. The van der Waals surface area contributed by atoms with Crippen LogP contribution < -0.4 is 0 Å². The molecule has 1 aliphatic carbocycles. The van der Waals surface area contributed by atoms with Crippen LogP contribution in [0.5, 0.6) is 0 Å². The van der Waals surface area contributed by atoms with Crippen molar-refractivity contribution in [2.75, 3.05) is 13.6 Å². The van der Waals surface area contributed by atoms with Gasteiger partial charge in [0.15, 0.2) is 5.82 Å². The minimum absolute atomic E-state index is 0.0796. The second-order valence-corrected chi connectivity index (χ2v) is 5.04. The summed E-state index contributed by atoms with van der Waals surface area (Å²) in [4.78, 5) is 18.1. The lowest BCUT2D eigenvalue weighted by atomic mass is 10.1. The van der Waals surface area contributed by atoms with Gasteiger partial charge < -0.3 is 4.90 Å². The summed E-state index contributed by atoms with van der Waals surface area (Å²) in [6.45, 7) is 0.864. The zero-order chi connectivity index (χ0) is 13.2. The summed E-state index contributed by atoms with van der Waals surface area (Å²) < 4.78 is 0. The SMILES string of the molecule is CN(CC1CC1)C(=O)c1ccc(-c2ncn[nH]2)cc1. The van der Waals surface area contributed by atoms with Crippen LogP contribution in [0.2, 0.25) is 0 Å². The molecule has 5 heteroatoms. The van der Waals surface area contributed by atoms with Crippen molar-refractivity contribution in [1.29, 1.82) is 0 Å². The Morgan fingerprint density at radius 3 is 2.68 bits per heavy atom. The first-order valence-electron chi connectivity index (χ1n) is 6.45. The Morgan fingerprint density at radius 2 is 2.11 bits per heavy atom. The van der Waals surface area contributed by atoms with Crippen LogP contribution in [0.3, 0.4) is 0 Å². The van der Waals surface area contributed by atoms with Crippen LogP contribution in [0.4, 0.5) is 0 Å². The minimum Gasteiger partial charge on any atom is -0.341 e. The van der Waals surface area contributed by atoms with Crippen molar-refractivity contribution >= 4 is 5.91 Å². The third kappa shape index (κ3) is 2.65. The van der Waals surface area contributed by atoms with Gasteiger partial charge in [0.1, 0.15) is 6.33 Å². The Balaban J connectivity index is 1.72. The maximum Gasteiger partial charge on any atom is 0.253 e. The molecule has 19 heavy (non-hydrogen) atoms. The molecule has 1 aromatic carbocycles. The summed E-state index contributed by atoms with van der Waals surface area (Å²) in [6.07, 6.45) is 3.97. The molecule has 2 aromatic rings. The zero-order valence-electron chi connectivity index (χ0n) is 10.8. The second kappa shape index (κ2) is 4.84. The van der Waals surface area contributed by atoms with Gasteiger partial charge in [0.05, 0.1) is 0 Å². The van der Waals surface area contributed by atoms with Gasteiger partial charge in [-0.2, -0.15) is 5.10 Å². The van der Waals surface area contributed by atoms with Crippen LogP contribution >= 0.6 is 0 Å². The minimum atomic E-state index is 0.0796. The van der Waals surface area contributed by atoms with E-state index in [1.54, 1.807) is 4.90 Å². The van der Waals surface area contributed by atoms with Gasteiger partial charge in [0.25, 0.3) is 5.91 Å². The maximum absolute atomic E-state index is 12.2. The summed E-state index contributed by atoms with van der Waals surface area (Å²) in [5, 5.41) is 6.62. The topological polar surface area (TPSA) is 61.9 Å². The first-order valence-corrected chi connectivity index (χ1v) is 6.45. The molecule has 98 valence electrons. The zero-order valence-corrected chi connectivity index (χ0v) is 10.8. The van der Waals surface area contributed by atoms with Gasteiger partial charge in [-0.1, -0.05) is 12.1 Å². The molecule has 1 saturated carbocycles. The fraction of sp³-hybridized carbons (Fsp3) is 0.357. The van der Waals surface area contributed by atoms with Crippen LogP contribution in [0.1, 0.15) is 23.2 Å². The van der Waals surface area contributed by atoms with E-state index in [2.05, 4.69) is 15.2 Å². The molecule has 1 amide bonds.